The van der Waals surface area contributed by atoms with Crippen LogP contribution in [0.4, 0.5) is 0 Å². The summed E-state index contributed by atoms with van der Waals surface area (Å²) in [5.41, 5.74) is 2.96. The van der Waals surface area contributed by atoms with Crippen molar-refractivity contribution in [3.05, 3.63) is 48.1 Å². The van der Waals surface area contributed by atoms with Gasteiger partial charge in [0.15, 0.2) is 0 Å². The molecule has 2 atom stereocenters. The number of nitrogens with zero attached hydrogens (tertiary/aromatic N) is 3. The van der Waals surface area contributed by atoms with E-state index in [-0.39, 0.29) is 17.9 Å². The van der Waals surface area contributed by atoms with Gasteiger partial charge in [-0.05, 0) is 42.8 Å². The monoisotopic (exact) mass is 410 g/mol. The number of carbonyl (C=O) groups excluding carboxylic acids is 1. The molecule has 0 aromatic carbocycles. The number of amides is 1. The third-order valence-electron chi connectivity index (χ3n) is 5.49. The first-order valence-corrected chi connectivity index (χ1v) is 11.0. The molecule has 0 spiro atoms. The second kappa shape index (κ2) is 9.33. The average molecular weight is 411 g/mol. The molecule has 0 aliphatic heterocycles. The van der Waals surface area contributed by atoms with Gasteiger partial charge in [0.25, 0.3) is 0 Å². The summed E-state index contributed by atoms with van der Waals surface area (Å²) in [6, 6.07) is 10.0. The Bertz CT molecular complexity index is 924. The predicted molar refractivity (Wildman–Crippen MR) is 115 cm³/mol. The van der Waals surface area contributed by atoms with Gasteiger partial charge in [0.05, 0.1) is 35.1 Å². The van der Waals surface area contributed by atoms with Crippen molar-refractivity contribution in [3.8, 4) is 21.8 Å². The topological polar surface area (TPSA) is 69.0 Å². The van der Waals surface area contributed by atoms with Gasteiger partial charge in [0, 0.05) is 31.3 Å². The van der Waals surface area contributed by atoms with Gasteiger partial charge >= 0.3 is 0 Å². The lowest BCUT2D eigenvalue weighted by molar-refractivity contribution is -0.127. The first-order valence-electron chi connectivity index (χ1n) is 10.1. The molecule has 1 amide bonds. The second-order valence-corrected chi connectivity index (χ2v) is 8.28. The van der Waals surface area contributed by atoms with E-state index >= 15 is 0 Å². The highest BCUT2D eigenvalue weighted by molar-refractivity contribution is 7.13. The first kappa shape index (κ1) is 19.8. The van der Waals surface area contributed by atoms with Crippen LogP contribution in [0.3, 0.4) is 0 Å². The van der Waals surface area contributed by atoms with Crippen LogP contribution >= 0.6 is 11.3 Å². The van der Waals surface area contributed by atoms with Gasteiger partial charge in [-0.25, -0.2) is 0 Å². The lowest BCUT2D eigenvalue weighted by Crippen LogP contribution is -2.37. The first-order chi connectivity index (χ1) is 14.3. The van der Waals surface area contributed by atoms with E-state index in [1.54, 1.807) is 24.6 Å². The molecule has 1 aliphatic carbocycles. The van der Waals surface area contributed by atoms with Crippen molar-refractivity contribution in [2.75, 3.05) is 13.7 Å². The number of nitrogens with one attached hydrogen (secondary N) is 1. The Morgan fingerprint density at radius 1 is 1.31 bits per heavy atom. The predicted octanol–water partition coefficient (Wildman–Crippen LogP) is 4.00. The maximum Gasteiger partial charge on any atom is 0.223 e. The second-order valence-electron chi connectivity index (χ2n) is 7.33. The summed E-state index contributed by atoms with van der Waals surface area (Å²) < 4.78 is 7.42. The summed E-state index contributed by atoms with van der Waals surface area (Å²) in [6.07, 6.45) is 7.72. The quantitative estimate of drug-likeness (QED) is 0.639. The van der Waals surface area contributed by atoms with Crippen LogP contribution in [0.5, 0.6) is 0 Å². The molecule has 1 fully saturated rings. The van der Waals surface area contributed by atoms with Crippen molar-refractivity contribution in [2.45, 2.75) is 38.3 Å². The highest BCUT2D eigenvalue weighted by atomic mass is 32.1. The van der Waals surface area contributed by atoms with Crippen LogP contribution in [0.2, 0.25) is 0 Å². The van der Waals surface area contributed by atoms with Gasteiger partial charge in [-0.15, -0.1) is 11.3 Å². The summed E-state index contributed by atoms with van der Waals surface area (Å²) in [5.74, 6) is 0.175. The van der Waals surface area contributed by atoms with Crippen molar-refractivity contribution in [1.82, 2.24) is 20.1 Å². The van der Waals surface area contributed by atoms with Gasteiger partial charge < -0.3 is 10.1 Å². The molecular weight excluding hydrogens is 384 g/mol. The standard InChI is InChI=1S/C22H26N4O2S/c1-28-17-7-4-6-16(14-17)22(27)24-11-12-26-21(20-9-5-13-29-20)18(15-25-26)19-8-2-3-10-23-19/h2-3,5,8-10,13,15-17H,4,6-7,11-12,14H2,1H3,(H,24,27)/t16-,17+/m1/s1. The molecule has 0 unspecified atom stereocenters. The lowest BCUT2D eigenvalue weighted by Gasteiger charge is -2.27. The van der Waals surface area contributed by atoms with Gasteiger partial charge in [-0.3, -0.25) is 14.5 Å². The number of aromatic nitrogens is 3. The van der Waals surface area contributed by atoms with Crippen LogP contribution in [-0.2, 0) is 16.1 Å². The number of hydrogen-bond acceptors (Lipinski definition) is 5. The lowest BCUT2D eigenvalue weighted by atomic mass is 9.86. The molecule has 6 nitrogen and oxygen atoms in total. The third kappa shape index (κ3) is 4.57. The number of pyridine rings is 1. The van der Waals surface area contributed by atoms with Crippen LogP contribution < -0.4 is 5.32 Å². The highest BCUT2D eigenvalue weighted by Crippen LogP contribution is 2.33. The van der Waals surface area contributed by atoms with E-state index in [1.165, 1.54) is 0 Å². The van der Waals surface area contributed by atoms with Crippen LogP contribution in [-0.4, -0.2) is 40.4 Å². The molecule has 29 heavy (non-hydrogen) atoms. The van der Waals surface area contributed by atoms with Gasteiger partial charge in [-0.1, -0.05) is 18.6 Å². The minimum absolute atomic E-state index is 0.0483. The number of hydrogen-bond donors (Lipinski definition) is 1. The maximum atomic E-state index is 12.6. The zero-order chi connectivity index (χ0) is 20.1. The zero-order valence-corrected chi connectivity index (χ0v) is 17.4. The highest BCUT2D eigenvalue weighted by Gasteiger charge is 2.27. The Hall–Kier alpha value is -2.51. The van der Waals surface area contributed by atoms with Crippen molar-refractivity contribution in [1.29, 1.82) is 0 Å². The molecule has 4 rings (SSSR count). The molecule has 1 aliphatic rings. The Morgan fingerprint density at radius 3 is 3.00 bits per heavy atom. The largest absolute Gasteiger partial charge is 0.381 e. The van der Waals surface area contributed by atoms with Crippen LogP contribution in [0, 0.1) is 5.92 Å². The molecule has 3 aromatic heterocycles. The van der Waals surface area contributed by atoms with E-state index in [9.17, 15) is 4.79 Å². The van der Waals surface area contributed by atoms with Crippen molar-refractivity contribution >= 4 is 17.2 Å². The van der Waals surface area contributed by atoms with Crippen LogP contribution in [0.15, 0.2) is 48.1 Å². The van der Waals surface area contributed by atoms with Gasteiger partial charge in [-0.2, -0.15) is 5.10 Å². The molecule has 1 N–H and O–H groups in total. The Kier molecular flexibility index (Phi) is 6.36. The number of methoxy groups -OCH3 is 1. The third-order valence-corrected chi connectivity index (χ3v) is 6.36. The average Bonchev–Trinajstić information content (AvgIpc) is 3.44. The smallest absolute Gasteiger partial charge is 0.223 e. The molecule has 3 aromatic rings. The fourth-order valence-corrected chi connectivity index (χ4v) is 4.75. The number of thiophene rings is 1. The number of rotatable bonds is 7. The number of carbonyl (C=O) groups is 1. The van der Waals surface area contributed by atoms with Crippen LogP contribution in [0.1, 0.15) is 25.7 Å². The fraction of sp³-hybridized carbons (Fsp3) is 0.409. The van der Waals surface area contributed by atoms with Gasteiger partial charge in [0.2, 0.25) is 5.91 Å². The van der Waals surface area contributed by atoms with Crippen molar-refractivity contribution in [3.63, 3.8) is 0 Å². The molecule has 152 valence electrons. The normalized spacial score (nSPS) is 19.2. The Labute approximate surface area is 174 Å². The minimum atomic E-state index is 0.0483. The number of ether oxygens (including phenoxy) is 1. The molecule has 0 radical (unpaired) electrons. The van der Waals surface area contributed by atoms with E-state index in [0.717, 1.165) is 47.5 Å². The molecule has 0 saturated heterocycles. The van der Waals surface area contributed by atoms with Crippen molar-refractivity contribution < 1.29 is 9.53 Å². The molecule has 7 heteroatoms. The van der Waals surface area contributed by atoms with Gasteiger partial charge in [0.1, 0.15) is 0 Å². The molecule has 0 bridgehead atoms. The summed E-state index contributed by atoms with van der Waals surface area (Å²) in [6.45, 7) is 1.17. The summed E-state index contributed by atoms with van der Waals surface area (Å²) in [7, 11) is 1.73. The summed E-state index contributed by atoms with van der Waals surface area (Å²) >= 11 is 1.68. The Balaban J connectivity index is 1.45. The molecule has 3 heterocycles. The van der Waals surface area contributed by atoms with E-state index in [2.05, 4.69) is 26.8 Å². The Morgan fingerprint density at radius 2 is 2.24 bits per heavy atom. The van der Waals surface area contributed by atoms with E-state index < -0.39 is 0 Å². The minimum Gasteiger partial charge on any atom is -0.381 e. The van der Waals surface area contributed by atoms with E-state index in [4.69, 9.17) is 4.74 Å². The summed E-state index contributed by atoms with van der Waals surface area (Å²) in [4.78, 5) is 18.2. The van der Waals surface area contributed by atoms with E-state index in [0.29, 0.717) is 13.1 Å². The fourth-order valence-electron chi connectivity index (χ4n) is 3.96. The van der Waals surface area contributed by atoms with Crippen LogP contribution in [0.25, 0.3) is 21.8 Å². The maximum absolute atomic E-state index is 12.6. The van der Waals surface area contributed by atoms with Crippen molar-refractivity contribution in [2.24, 2.45) is 5.92 Å². The van der Waals surface area contributed by atoms with E-state index in [1.807, 2.05) is 35.1 Å². The summed E-state index contributed by atoms with van der Waals surface area (Å²) in [5, 5.41) is 9.76. The zero-order valence-electron chi connectivity index (χ0n) is 16.6. The molecule has 1 saturated carbocycles. The molecular formula is C22H26N4O2S. The SMILES string of the molecule is CO[C@H]1CCC[C@@H](C(=O)NCCn2ncc(-c3ccccn3)c2-c2cccs2)C1.